The van der Waals surface area contributed by atoms with E-state index >= 15 is 0 Å². The van der Waals surface area contributed by atoms with Crippen LogP contribution in [0.5, 0.6) is 0 Å². The van der Waals surface area contributed by atoms with Crippen molar-refractivity contribution in [1.29, 1.82) is 0 Å². The average Bonchev–Trinajstić information content (AvgIpc) is 2.46. The van der Waals surface area contributed by atoms with Crippen molar-refractivity contribution in [3.8, 4) is 0 Å². The molecule has 0 fully saturated rings. The molecule has 0 spiro atoms. The molecule has 1 aromatic carbocycles. The van der Waals surface area contributed by atoms with Crippen molar-refractivity contribution in [2.45, 2.75) is 11.8 Å². The molecule has 1 N–H and O–H groups in total. The Kier molecular flexibility index (Phi) is 5.13. The van der Waals surface area contributed by atoms with E-state index in [0.717, 1.165) is 4.31 Å². The molecule has 0 atom stereocenters. The summed E-state index contributed by atoms with van der Waals surface area (Å²) in [6.07, 6.45) is 1.46. The maximum absolute atomic E-state index is 12.8. The number of benzene rings is 1. The highest BCUT2D eigenvalue weighted by atomic mass is 35.5. The Morgan fingerprint density at radius 3 is 2.57 bits per heavy atom. The molecule has 9 heteroatoms. The fourth-order valence-electron chi connectivity index (χ4n) is 1.90. The summed E-state index contributed by atoms with van der Waals surface area (Å²) in [5, 5.41) is 2.81. The zero-order chi connectivity index (χ0) is 17.2. The third kappa shape index (κ3) is 3.74. The van der Waals surface area contributed by atoms with Gasteiger partial charge < -0.3 is 5.32 Å². The monoisotopic (exact) mass is 373 g/mol. The van der Waals surface area contributed by atoms with Crippen LogP contribution in [0.3, 0.4) is 0 Å². The van der Waals surface area contributed by atoms with Gasteiger partial charge in [-0.1, -0.05) is 23.2 Å². The van der Waals surface area contributed by atoms with Gasteiger partial charge in [-0.2, -0.15) is 0 Å². The predicted octanol–water partition coefficient (Wildman–Crippen LogP) is 3.17. The molecule has 0 aliphatic rings. The molecule has 1 heterocycles. The molecule has 23 heavy (non-hydrogen) atoms. The van der Waals surface area contributed by atoms with Crippen LogP contribution in [0.4, 0.5) is 11.4 Å². The molecular formula is C14H13Cl2N3O3S. The Hall–Kier alpha value is -1.83. The highest BCUT2D eigenvalue weighted by Gasteiger charge is 2.26. The smallest absolute Gasteiger partial charge is 0.266 e. The first-order valence-electron chi connectivity index (χ1n) is 6.40. The fourth-order valence-corrected chi connectivity index (χ4v) is 3.70. The molecule has 122 valence electrons. The minimum absolute atomic E-state index is 0.0496. The number of rotatable bonds is 4. The largest absolute Gasteiger partial charge is 0.325 e. The van der Waals surface area contributed by atoms with Crippen LogP contribution < -0.4 is 9.62 Å². The van der Waals surface area contributed by atoms with E-state index in [9.17, 15) is 13.2 Å². The number of halogens is 2. The molecule has 1 aromatic heterocycles. The summed E-state index contributed by atoms with van der Waals surface area (Å²) in [4.78, 5) is 15.1. The standard InChI is InChI=1S/C14H13Cl2N3O3S/c1-9(20)18-11-8-10(15)5-6-13(11)23(21,22)19(2)12-4-3-7-17-14(12)16/h3-8H,1-2H3,(H,18,20). The van der Waals surface area contributed by atoms with Crippen molar-refractivity contribution in [1.82, 2.24) is 4.98 Å². The third-order valence-corrected chi connectivity index (χ3v) is 5.33. The highest BCUT2D eigenvalue weighted by Crippen LogP contribution is 2.32. The summed E-state index contributed by atoms with van der Waals surface area (Å²) in [5.74, 6) is -0.411. The van der Waals surface area contributed by atoms with Gasteiger partial charge in [-0.05, 0) is 30.3 Å². The summed E-state index contributed by atoms with van der Waals surface area (Å²) in [6, 6.07) is 7.22. The Bertz CT molecular complexity index is 856. The Labute approximate surface area is 144 Å². The second-order valence-electron chi connectivity index (χ2n) is 4.61. The number of nitrogens with one attached hydrogen (secondary N) is 1. The number of hydrogen-bond donors (Lipinski definition) is 1. The zero-order valence-electron chi connectivity index (χ0n) is 12.2. The molecule has 2 rings (SSSR count). The number of hydrogen-bond acceptors (Lipinski definition) is 4. The highest BCUT2D eigenvalue weighted by molar-refractivity contribution is 7.93. The van der Waals surface area contributed by atoms with E-state index in [1.165, 1.54) is 44.4 Å². The van der Waals surface area contributed by atoms with Crippen molar-refractivity contribution < 1.29 is 13.2 Å². The van der Waals surface area contributed by atoms with Gasteiger partial charge in [-0.3, -0.25) is 9.10 Å². The molecule has 0 aliphatic heterocycles. The van der Waals surface area contributed by atoms with Gasteiger partial charge in [0.25, 0.3) is 10.0 Å². The van der Waals surface area contributed by atoms with E-state index in [-0.39, 0.29) is 21.4 Å². The summed E-state index contributed by atoms with van der Waals surface area (Å²) >= 11 is 11.8. The molecule has 0 bridgehead atoms. The Balaban J connectivity index is 2.56. The number of nitrogens with zero attached hydrogens (tertiary/aromatic N) is 2. The number of carbonyl (C=O) groups is 1. The lowest BCUT2D eigenvalue weighted by Gasteiger charge is -2.21. The minimum atomic E-state index is -3.97. The van der Waals surface area contributed by atoms with Gasteiger partial charge in [0.1, 0.15) is 4.90 Å². The van der Waals surface area contributed by atoms with Gasteiger partial charge in [0.2, 0.25) is 5.91 Å². The van der Waals surface area contributed by atoms with Crippen LogP contribution in [0.15, 0.2) is 41.4 Å². The quantitative estimate of drug-likeness (QED) is 0.834. The van der Waals surface area contributed by atoms with Crippen LogP contribution in [-0.4, -0.2) is 26.4 Å². The number of pyridine rings is 1. The number of aromatic nitrogens is 1. The van der Waals surface area contributed by atoms with E-state index < -0.39 is 15.9 Å². The number of carbonyl (C=O) groups excluding carboxylic acids is 1. The van der Waals surface area contributed by atoms with E-state index in [1.54, 1.807) is 6.07 Å². The van der Waals surface area contributed by atoms with Crippen molar-refractivity contribution >= 4 is 50.5 Å². The lowest BCUT2D eigenvalue weighted by atomic mass is 10.3. The number of sulfonamides is 1. The normalized spacial score (nSPS) is 11.1. The lowest BCUT2D eigenvalue weighted by molar-refractivity contribution is -0.114. The van der Waals surface area contributed by atoms with Gasteiger partial charge in [-0.15, -0.1) is 0 Å². The van der Waals surface area contributed by atoms with E-state index in [2.05, 4.69) is 10.3 Å². The molecule has 0 aliphatic carbocycles. The van der Waals surface area contributed by atoms with Gasteiger partial charge >= 0.3 is 0 Å². The van der Waals surface area contributed by atoms with Crippen LogP contribution in [0.1, 0.15) is 6.92 Å². The maximum atomic E-state index is 12.8. The van der Waals surface area contributed by atoms with Crippen molar-refractivity contribution in [2.24, 2.45) is 0 Å². The van der Waals surface area contributed by atoms with Crippen LogP contribution in [0.25, 0.3) is 0 Å². The topological polar surface area (TPSA) is 79.4 Å². The summed E-state index contributed by atoms with van der Waals surface area (Å²) in [5.41, 5.74) is 0.315. The van der Waals surface area contributed by atoms with Crippen molar-refractivity contribution in [2.75, 3.05) is 16.7 Å². The summed E-state index contributed by atoms with van der Waals surface area (Å²) < 4.78 is 26.7. The minimum Gasteiger partial charge on any atom is -0.325 e. The maximum Gasteiger partial charge on any atom is 0.266 e. The number of anilines is 2. The second-order valence-corrected chi connectivity index (χ2v) is 7.34. The lowest BCUT2D eigenvalue weighted by Crippen LogP contribution is -2.28. The predicted molar refractivity (Wildman–Crippen MR) is 90.6 cm³/mol. The molecule has 0 saturated carbocycles. The van der Waals surface area contributed by atoms with E-state index in [4.69, 9.17) is 23.2 Å². The van der Waals surface area contributed by atoms with E-state index in [0.29, 0.717) is 5.02 Å². The first-order chi connectivity index (χ1) is 10.7. The number of amides is 1. The molecule has 2 aromatic rings. The second kappa shape index (κ2) is 6.74. The SMILES string of the molecule is CC(=O)Nc1cc(Cl)ccc1S(=O)(=O)N(C)c1cccnc1Cl. The molecule has 1 amide bonds. The molecule has 0 radical (unpaired) electrons. The van der Waals surface area contributed by atoms with Gasteiger partial charge in [0.05, 0.1) is 11.4 Å². The van der Waals surface area contributed by atoms with Gasteiger partial charge in [-0.25, -0.2) is 13.4 Å². The first kappa shape index (κ1) is 17.5. The molecule has 0 unspecified atom stereocenters. The van der Waals surface area contributed by atoms with Crippen molar-refractivity contribution in [3.05, 3.63) is 46.7 Å². The summed E-state index contributed by atoms with van der Waals surface area (Å²) in [6.45, 7) is 1.28. The average molecular weight is 374 g/mol. The van der Waals surface area contributed by atoms with Gasteiger partial charge in [0, 0.05) is 25.2 Å². The Morgan fingerprint density at radius 1 is 1.26 bits per heavy atom. The molecular weight excluding hydrogens is 361 g/mol. The third-order valence-electron chi connectivity index (χ3n) is 2.97. The Morgan fingerprint density at radius 2 is 1.96 bits per heavy atom. The van der Waals surface area contributed by atoms with Crippen LogP contribution in [0.2, 0.25) is 10.2 Å². The first-order valence-corrected chi connectivity index (χ1v) is 8.59. The molecule has 6 nitrogen and oxygen atoms in total. The molecule has 0 saturated heterocycles. The van der Waals surface area contributed by atoms with Gasteiger partial charge in [0.15, 0.2) is 5.15 Å². The zero-order valence-corrected chi connectivity index (χ0v) is 14.6. The van der Waals surface area contributed by atoms with Crippen LogP contribution in [0, 0.1) is 0 Å². The van der Waals surface area contributed by atoms with Crippen LogP contribution in [-0.2, 0) is 14.8 Å². The van der Waals surface area contributed by atoms with Crippen LogP contribution >= 0.6 is 23.2 Å². The summed E-state index contributed by atoms with van der Waals surface area (Å²) in [7, 11) is -2.62. The fraction of sp³-hybridized carbons (Fsp3) is 0.143. The van der Waals surface area contributed by atoms with Crippen molar-refractivity contribution in [3.63, 3.8) is 0 Å². The van der Waals surface area contributed by atoms with E-state index in [1.807, 2.05) is 0 Å².